The molecule has 0 saturated carbocycles. The van der Waals surface area contributed by atoms with Crippen LogP contribution < -0.4 is 9.62 Å². The number of anilines is 2. The molecule has 9 heteroatoms. The Bertz CT molecular complexity index is 888. The maximum atomic E-state index is 12.1. The number of rotatable bonds is 6. The fourth-order valence-electron chi connectivity index (χ4n) is 2.63. The van der Waals surface area contributed by atoms with Crippen molar-refractivity contribution >= 4 is 39.1 Å². The molecule has 2 N–H and O–H groups in total. The van der Waals surface area contributed by atoms with Gasteiger partial charge in [0.2, 0.25) is 15.9 Å². The number of thioether (sulfide) groups is 1. The molecule has 7 nitrogen and oxygen atoms in total. The van der Waals surface area contributed by atoms with Gasteiger partial charge in [0.05, 0.1) is 28.6 Å². The van der Waals surface area contributed by atoms with Crippen LogP contribution in [-0.4, -0.2) is 42.5 Å². The lowest BCUT2D eigenvalue weighted by Gasteiger charge is -2.18. The first-order chi connectivity index (χ1) is 12.5. The van der Waals surface area contributed by atoms with Gasteiger partial charge in [0.1, 0.15) is 5.75 Å². The zero-order valence-electron chi connectivity index (χ0n) is 14.0. The van der Waals surface area contributed by atoms with Crippen LogP contribution in [0.3, 0.4) is 0 Å². The standard InChI is InChI=1S/C17H19N3O4S2/c21-16-6-5-14(20-8-3-9-26(20,23)24)10-15(16)19-17(22)12-25-11-13-4-1-2-7-18-13/h1-2,4-7,10,21H,3,8-9,11-12H2,(H,19,22). The topological polar surface area (TPSA) is 99.6 Å². The number of phenolic OH excluding ortho intramolecular Hbond substituents is 1. The minimum absolute atomic E-state index is 0.103. The second-order valence-corrected chi connectivity index (χ2v) is 8.80. The number of nitrogens with zero attached hydrogens (tertiary/aromatic N) is 2. The van der Waals surface area contributed by atoms with Crippen LogP contribution in [0, 0.1) is 0 Å². The number of benzene rings is 1. The normalized spacial score (nSPS) is 15.8. The number of hydrogen-bond donors (Lipinski definition) is 2. The molecule has 0 radical (unpaired) electrons. The number of amides is 1. The average Bonchev–Trinajstić information content (AvgIpc) is 2.97. The van der Waals surface area contributed by atoms with E-state index in [1.165, 1.54) is 34.3 Å². The number of aromatic hydroxyl groups is 1. The number of nitrogens with one attached hydrogen (secondary N) is 1. The predicted molar refractivity (Wildman–Crippen MR) is 103 cm³/mol. The van der Waals surface area contributed by atoms with Crippen molar-refractivity contribution in [1.29, 1.82) is 0 Å². The molecule has 1 aliphatic heterocycles. The number of carbonyl (C=O) groups is 1. The van der Waals surface area contributed by atoms with Crippen molar-refractivity contribution in [2.45, 2.75) is 12.2 Å². The highest BCUT2D eigenvalue weighted by molar-refractivity contribution is 7.99. The largest absolute Gasteiger partial charge is 0.506 e. The number of aromatic nitrogens is 1. The average molecular weight is 393 g/mol. The van der Waals surface area contributed by atoms with Gasteiger partial charge in [-0.2, -0.15) is 0 Å². The van der Waals surface area contributed by atoms with Crippen LogP contribution in [0.25, 0.3) is 0 Å². The van der Waals surface area contributed by atoms with E-state index < -0.39 is 10.0 Å². The van der Waals surface area contributed by atoms with Gasteiger partial charge < -0.3 is 10.4 Å². The highest BCUT2D eigenvalue weighted by Crippen LogP contribution is 2.32. The van der Waals surface area contributed by atoms with E-state index in [9.17, 15) is 18.3 Å². The summed E-state index contributed by atoms with van der Waals surface area (Å²) in [7, 11) is -3.32. The van der Waals surface area contributed by atoms with Gasteiger partial charge >= 0.3 is 0 Å². The number of hydrogen-bond acceptors (Lipinski definition) is 6. The molecule has 26 heavy (non-hydrogen) atoms. The summed E-state index contributed by atoms with van der Waals surface area (Å²) in [6.45, 7) is 0.403. The maximum Gasteiger partial charge on any atom is 0.235 e. The summed E-state index contributed by atoms with van der Waals surface area (Å²) in [6.07, 6.45) is 2.26. The van der Waals surface area contributed by atoms with Gasteiger partial charge in [0, 0.05) is 18.5 Å². The van der Waals surface area contributed by atoms with E-state index in [0.29, 0.717) is 24.4 Å². The smallest absolute Gasteiger partial charge is 0.235 e. The minimum Gasteiger partial charge on any atom is -0.506 e. The van der Waals surface area contributed by atoms with Gasteiger partial charge in [-0.25, -0.2) is 8.42 Å². The second kappa shape index (κ2) is 7.96. The van der Waals surface area contributed by atoms with Crippen molar-refractivity contribution in [2.24, 2.45) is 0 Å². The quantitative estimate of drug-likeness (QED) is 0.730. The molecule has 1 aliphatic rings. The Kier molecular flexibility index (Phi) is 5.67. The van der Waals surface area contributed by atoms with Crippen LogP contribution in [0.1, 0.15) is 12.1 Å². The van der Waals surface area contributed by atoms with Crippen molar-refractivity contribution in [3.05, 3.63) is 48.3 Å². The molecule has 0 atom stereocenters. The first kappa shape index (κ1) is 18.5. The molecule has 1 amide bonds. The first-order valence-electron chi connectivity index (χ1n) is 8.07. The second-order valence-electron chi connectivity index (χ2n) is 5.81. The number of phenols is 1. The van der Waals surface area contributed by atoms with E-state index >= 15 is 0 Å². The van der Waals surface area contributed by atoms with Crippen molar-refractivity contribution in [3.8, 4) is 5.75 Å². The van der Waals surface area contributed by atoms with E-state index in [1.54, 1.807) is 6.20 Å². The molecule has 2 aromatic rings. The number of pyridine rings is 1. The van der Waals surface area contributed by atoms with Crippen LogP contribution in [0.2, 0.25) is 0 Å². The fraction of sp³-hybridized carbons (Fsp3) is 0.294. The summed E-state index contributed by atoms with van der Waals surface area (Å²) in [6, 6.07) is 10.0. The third kappa shape index (κ3) is 4.47. The molecule has 1 saturated heterocycles. The Hall–Kier alpha value is -2.26. The summed E-state index contributed by atoms with van der Waals surface area (Å²) in [5.41, 5.74) is 1.53. The highest BCUT2D eigenvalue weighted by Gasteiger charge is 2.28. The molecule has 0 bridgehead atoms. The highest BCUT2D eigenvalue weighted by atomic mass is 32.2. The Morgan fingerprint density at radius 2 is 2.15 bits per heavy atom. The monoisotopic (exact) mass is 393 g/mol. The van der Waals surface area contributed by atoms with Crippen LogP contribution in [-0.2, 0) is 20.6 Å². The van der Waals surface area contributed by atoms with Crippen LogP contribution in [0.4, 0.5) is 11.4 Å². The third-order valence-corrected chi connectivity index (χ3v) is 6.69. The lowest BCUT2D eigenvalue weighted by molar-refractivity contribution is -0.113. The van der Waals surface area contributed by atoms with E-state index in [2.05, 4.69) is 10.3 Å². The van der Waals surface area contributed by atoms with Gasteiger partial charge in [0.25, 0.3) is 0 Å². The molecular formula is C17H19N3O4S2. The van der Waals surface area contributed by atoms with E-state index in [0.717, 1.165) is 5.69 Å². The third-order valence-electron chi connectivity index (χ3n) is 3.85. The summed E-state index contributed by atoms with van der Waals surface area (Å²) >= 11 is 1.41. The molecule has 1 aromatic heterocycles. The summed E-state index contributed by atoms with van der Waals surface area (Å²) < 4.78 is 25.4. The lowest BCUT2D eigenvalue weighted by Crippen LogP contribution is -2.25. The van der Waals surface area contributed by atoms with Crippen LogP contribution in [0.15, 0.2) is 42.6 Å². The van der Waals surface area contributed by atoms with Gasteiger partial charge in [-0.3, -0.25) is 14.1 Å². The van der Waals surface area contributed by atoms with Gasteiger partial charge in [-0.15, -0.1) is 11.8 Å². The van der Waals surface area contributed by atoms with Crippen molar-refractivity contribution in [2.75, 3.05) is 27.7 Å². The SMILES string of the molecule is O=C(CSCc1ccccn1)Nc1cc(N2CCCS2(=O)=O)ccc1O. The molecule has 2 heterocycles. The zero-order valence-corrected chi connectivity index (χ0v) is 15.6. The molecule has 3 rings (SSSR count). The Balaban J connectivity index is 1.62. The van der Waals surface area contributed by atoms with E-state index in [-0.39, 0.29) is 28.8 Å². The van der Waals surface area contributed by atoms with Crippen molar-refractivity contribution < 1.29 is 18.3 Å². The molecule has 0 aliphatic carbocycles. The number of sulfonamides is 1. The first-order valence-corrected chi connectivity index (χ1v) is 10.8. The molecule has 0 spiro atoms. The minimum atomic E-state index is -3.32. The molecule has 138 valence electrons. The Morgan fingerprint density at radius 1 is 1.31 bits per heavy atom. The van der Waals surface area contributed by atoms with E-state index in [1.807, 2.05) is 18.2 Å². The lowest BCUT2D eigenvalue weighted by atomic mass is 10.2. The van der Waals surface area contributed by atoms with Crippen molar-refractivity contribution in [1.82, 2.24) is 4.98 Å². The van der Waals surface area contributed by atoms with Gasteiger partial charge in [0.15, 0.2) is 0 Å². The predicted octanol–water partition coefficient (Wildman–Crippen LogP) is 2.20. The summed E-state index contributed by atoms with van der Waals surface area (Å²) in [5, 5.41) is 12.6. The van der Waals surface area contributed by atoms with Crippen LogP contribution in [0.5, 0.6) is 5.75 Å². The fourth-order valence-corrected chi connectivity index (χ4v) is 4.92. The molecule has 1 aromatic carbocycles. The maximum absolute atomic E-state index is 12.1. The summed E-state index contributed by atoms with van der Waals surface area (Å²) in [5.74, 6) is 0.532. The Morgan fingerprint density at radius 3 is 2.85 bits per heavy atom. The van der Waals surface area contributed by atoms with Crippen molar-refractivity contribution in [3.63, 3.8) is 0 Å². The van der Waals surface area contributed by atoms with E-state index in [4.69, 9.17) is 0 Å². The van der Waals surface area contributed by atoms with Crippen LogP contribution >= 0.6 is 11.8 Å². The Labute approximate surface area is 156 Å². The zero-order chi connectivity index (χ0) is 18.6. The molecule has 1 fully saturated rings. The molecule has 0 unspecified atom stereocenters. The molecular weight excluding hydrogens is 374 g/mol. The van der Waals surface area contributed by atoms with Gasteiger partial charge in [-0.05, 0) is 36.8 Å². The van der Waals surface area contributed by atoms with Gasteiger partial charge in [-0.1, -0.05) is 6.07 Å². The summed E-state index contributed by atoms with van der Waals surface area (Å²) in [4.78, 5) is 16.3. The number of carbonyl (C=O) groups excluding carboxylic acids is 1.